The Balaban J connectivity index is 1.65. The van der Waals surface area contributed by atoms with Crippen LogP contribution in [0.5, 0.6) is 0 Å². The summed E-state index contributed by atoms with van der Waals surface area (Å²) < 4.78 is 1.86. The topological polar surface area (TPSA) is 49.6 Å². The summed E-state index contributed by atoms with van der Waals surface area (Å²) in [6.45, 7) is 5.36. The molecular weight excluding hydrogens is 308 g/mol. The third-order valence-corrected chi connectivity index (χ3v) is 5.32. The number of anilines is 1. The molecule has 1 aliphatic heterocycles. The van der Waals surface area contributed by atoms with Crippen molar-refractivity contribution in [2.24, 2.45) is 0 Å². The van der Waals surface area contributed by atoms with Crippen LogP contribution in [-0.4, -0.2) is 57.4 Å². The molecule has 0 aromatic carbocycles. The molecule has 0 aliphatic carbocycles. The van der Waals surface area contributed by atoms with E-state index in [0.717, 1.165) is 42.5 Å². The summed E-state index contributed by atoms with van der Waals surface area (Å²) in [5.74, 6) is 1.81. The first-order chi connectivity index (χ1) is 11.3. The molecule has 0 saturated carbocycles. The van der Waals surface area contributed by atoms with Crippen LogP contribution in [0.25, 0.3) is 17.0 Å². The Hall–Kier alpha value is -1.99. The second-order valence-corrected chi connectivity index (χ2v) is 6.74. The fraction of sp³-hybridized carbons (Fsp3) is 0.438. The second-order valence-electron chi connectivity index (χ2n) is 5.96. The van der Waals surface area contributed by atoms with E-state index in [1.54, 1.807) is 11.3 Å². The fourth-order valence-corrected chi connectivity index (χ4v) is 3.72. The minimum atomic E-state index is 0.606. The average Bonchev–Trinajstić information content (AvgIpc) is 3.31. The van der Waals surface area contributed by atoms with Crippen molar-refractivity contribution in [1.29, 1.82) is 0 Å². The molecule has 0 bridgehead atoms. The molecule has 1 unspecified atom stereocenters. The molecule has 4 heterocycles. The normalized spacial score (nSPS) is 18.4. The van der Waals surface area contributed by atoms with Crippen LogP contribution in [0.3, 0.4) is 0 Å². The molecule has 0 N–H and O–H groups in total. The van der Waals surface area contributed by atoms with Gasteiger partial charge >= 0.3 is 0 Å². The van der Waals surface area contributed by atoms with Crippen molar-refractivity contribution >= 4 is 22.8 Å². The lowest BCUT2D eigenvalue weighted by atomic mass is 10.2. The van der Waals surface area contributed by atoms with Crippen molar-refractivity contribution in [3.05, 3.63) is 29.0 Å². The van der Waals surface area contributed by atoms with Gasteiger partial charge in [0.1, 0.15) is 5.82 Å². The Labute approximate surface area is 139 Å². The van der Waals surface area contributed by atoms with E-state index in [4.69, 9.17) is 5.10 Å². The molecule has 3 aromatic rings. The van der Waals surface area contributed by atoms with Crippen LogP contribution in [0.1, 0.15) is 13.3 Å². The van der Waals surface area contributed by atoms with Gasteiger partial charge in [-0.3, -0.25) is 0 Å². The van der Waals surface area contributed by atoms with E-state index in [1.807, 2.05) is 16.0 Å². The standard InChI is InChI=1S/C16H20N6S/c1-3-20(2)13-6-8-21(10-13)15-5-4-14-17-18-16(22(14)19-15)12-7-9-23-11-12/h4-5,7,9,11,13H,3,6,8,10H2,1-2H3. The molecular formula is C16H20N6S. The highest BCUT2D eigenvalue weighted by Crippen LogP contribution is 2.24. The first kappa shape index (κ1) is 14.6. The van der Waals surface area contributed by atoms with Crippen LogP contribution in [0.4, 0.5) is 5.82 Å². The van der Waals surface area contributed by atoms with Crippen molar-refractivity contribution < 1.29 is 0 Å². The highest BCUT2D eigenvalue weighted by Gasteiger charge is 2.26. The van der Waals surface area contributed by atoms with Gasteiger partial charge in [-0.2, -0.15) is 15.9 Å². The van der Waals surface area contributed by atoms with Crippen LogP contribution in [-0.2, 0) is 0 Å². The van der Waals surface area contributed by atoms with E-state index < -0.39 is 0 Å². The van der Waals surface area contributed by atoms with Gasteiger partial charge in [-0.25, -0.2) is 0 Å². The number of thiophene rings is 1. The zero-order chi connectivity index (χ0) is 15.8. The molecule has 6 nitrogen and oxygen atoms in total. The first-order valence-corrected chi connectivity index (χ1v) is 8.90. The summed E-state index contributed by atoms with van der Waals surface area (Å²) in [5.41, 5.74) is 1.86. The summed E-state index contributed by atoms with van der Waals surface area (Å²) in [7, 11) is 2.19. The van der Waals surface area contributed by atoms with E-state index in [-0.39, 0.29) is 0 Å². The van der Waals surface area contributed by atoms with Crippen molar-refractivity contribution in [2.45, 2.75) is 19.4 Å². The Morgan fingerprint density at radius 3 is 3.00 bits per heavy atom. The summed E-state index contributed by atoms with van der Waals surface area (Å²) >= 11 is 1.66. The smallest absolute Gasteiger partial charge is 0.186 e. The molecule has 3 aromatic heterocycles. The highest BCUT2D eigenvalue weighted by atomic mass is 32.1. The largest absolute Gasteiger partial charge is 0.354 e. The SMILES string of the molecule is CCN(C)C1CCN(c2ccc3nnc(-c4ccsc4)n3n2)C1. The summed E-state index contributed by atoms with van der Waals surface area (Å²) in [4.78, 5) is 4.77. The quantitative estimate of drug-likeness (QED) is 0.736. The molecule has 0 amide bonds. The van der Waals surface area contributed by atoms with Gasteiger partial charge in [0.2, 0.25) is 0 Å². The number of rotatable bonds is 4. The summed E-state index contributed by atoms with van der Waals surface area (Å²) in [6.07, 6.45) is 1.18. The van der Waals surface area contributed by atoms with E-state index in [2.05, 4.69) is 51.5 Å². The average molecular weight is 328 g/mol. The maximum absolute atomic E-state index is 4.80. The van der Waals surface area contributed by atoms with Crippen molar-refractivity contribution in [2.75, 3.05) is 31.6 Å². The summed E-state index contributed by atoms with van der Waals surface area (Å²) in [5, 5.41) is 17.4. The van der Waals surface area contributed by atoms with Gasteiger partial charge in [0.05, 0.1) is 0 Å². The van der Waals surface area contributed by atoms with Gasteiger partial charge in [0.25, 0.3) is 0 Å². The minimum absolute atomic E-state index is 0.606. The van der Waals surface area contributed by atoms with E-state index in [1.165, 1.54) is 6.42 Å². The Bertz CT molecular complexity index is 796. The van der Waals surface area contributed by atoms with Gasteiger partial charge in [-0.15, -0.1) is 15.3 Å². The lowest BCUT2D eigenvalue weighted by molar-refractivity contribution is 0.272. The highest BCUT2D eigenvalue weighted by molar-refractivity contribution is 7.08. The number of hydrogen-bond acceptors (Lipinski definition) is 6. The van der Waals surface area contributed by atoms with Gasteiger partial charge in [-0.1, -0.05) is 6.92 Å². The molecule has 1 fully saturated rings. The van der Waals surface area contributed by atoms with Crippen LogP contribution in [0, 0.1) is 0 Å². The molecule has 1 atom stereocenters. The number of aromatic nitrogens is 4. The predicted molar refractivity (Wildman–Crippen MR) is 93.0 cm³/mol. The van der Waals surface area contributed by atoms with Crippen LogP contribution in [0.2, 0.25) is 0 Å². The predicted octanol–water partition coefficient (Wildman–Crippen LogP) is 2.38. The first-order valence-electron chi connectivity index (χ1n) is 7.96. The Kier molecular flexibility index (Phi) is 3.74. The summed E-state index contributed by atoms with van der Waals surface area (Å²) in [6, 6.07) is 6.71. The monoisotopic (exact) mass is 328 g/mol. The van der Waals surface area contributed by atoms with Gasteiger partial charge < -0.3 is 9.80 Å². The van der Waals surface area contributed by atoms with E-state index in [9.17, 15) is 0 Å². The molecule has 0 radical (unpaired) electrons. The van der Waals surface area contributed by atoms with Crippen molar-refractivity contribution in [1.82, 2.24) is 24.7 Å². The molecule has 1 saturated heterocycles. The maximum Gasteiger partial charge on any atom is 0.186 e. The third kappa shape index (κ3) is 2.60. The zero-order valence-corrected chi connectivity index (χ0v) is 14.2. The van der Waals surface area contributed by atoms with Gasteiger partial charge in [-0.05, 0) is 43.6 Å². The second kappa shape index (κ2) is 5.90. The van der Waals surface area contributed by atoms with E-state index >= 15 is 0 Å². The maximum atomic E-state index is 4.80. The van der Waals surface area contributed by atoms with Crippen LogP contribution >= 0.6 is 11.3 Å². The molecule has 1 aliphatic rings. The number of hydrogen-bond donors (Lipinski definition) is 0. The molecule has 120 valence electrons. The zero-order valence-electron chi connectivity index (χ0n) is 13.4. The van der Waals surface area contributed by atoms with Gasteiger partial charge in [0.15, 0.2) is 11.5 Å². The fourth-order valence-electron chi connectivity index (χ4n) is 3.09. The molecule has 4 rings (SSSR count). The third-order valence-electron chi connectivity index (χ3n) is 4.64. The number of nitrogens with zero attached hydrogens (tertiary/aromatic N) is 6. The van der Waals surface area contributed by atoms with Crippen LogP contribution in [0.15, 0.2) is 29.0 Å². The Morgan fingerprint density at radius 2 is 2.22 bits per heavy atom. The molecule has 23 heavy (non-hydrogen) atoms. The molecule has 0 spiro atoms. The lowest BCUT2D eigenvalue weighted by Gasteiger charge is -2.23. The minimum Gasteiger partial charge on any atom is -0.354 e. The number of likely N-dealkylation sites (N-methyl/N-ethyl adjacent to an activating group) is 1. The van der Waals surface area contributed by atoms with Crippen molar-refractivity contribution in [3.63, 3.8) is 0 Å². The lowest BCUT2D eigenvalue weighted by Crippen LogP contribution is -2.34. The molecule has 7 heteroatoms. The van der Waals surface area contributed by atoms with Crippen molar-refractivity contribution in [3.8, 4) is 11.4 Å². The van der Waals surface area contributed by atoms with Gasteiger partial charge in [0, 0.05) is 30.1 Å². The van der Waals surface area contributed by atoms with Crippen LogP contribution < -0.4 is 4.90 Å². The van der Waals surface area contributed by atoms with E-state index in [0.29, 0.717) is 6.04 Å². The number of fused-ring (bicyclic) bond motifs is 1. The Morgan fingerprint density at radius 1 is 1.30 bits per heavy atom.